The molecule has 0 unspecified atom stereocenters. The summed E-state index contributed by atoms with van der Waals surface area (Å²) in [4.78, 5) is 12.7. The van der Waals surface area contributed by atoms with Gasteiger partial charge in [0.15, 0.2) is 5.76 Å². The summed E-state index contributed by atoms with van der Waals surface area (Å²) in [6.07, 6.45) is 1.72. The monoisotopic (exact) mass is 363 g/mol. The number of carbonyl (C=O) groups is 1. The number of aryl methyl sites for hydroxylation is 1. The van der Waals surface area contributed by atoms with E-state index < -0.39 is 10.0 Å². The summed E-state index contributed by atoms with van der Waals surface area (Å²) < 4.78 is 32.4. The first-order valence-electron chi connectivity index (χ1n) is 8.18. The molecule has 1 amide bonds. The molecule has 0 atom stereocenters. The summed E-state index contributed by atoms with van der Waals surface area (Å²) in [6, 6.07) is 6.22. The number of nitrogens with one attached hydrogen (secondary N) is 2. The summed E-state index contributed by atoms with van der Waals surface area (Å²) in [5.74, 6) is 0.151. The van der Waals surface area contributed by atoms with Crippen molar-refractivity contribution >= 4 is 21.6 Å². The second-order valence-corrected chi connectivity index (χ2v) is 8.25. The van der Waals surface area contributed by atoms with Crippen LogP contribution in [0.4, 0.5) is 5.69 Å². The van der Waals surface area contributed by atoms with Crippen LogP contribution in [0.1, 0.15) is 54.4 Å². The molecule has 1 fully saturated rings. The Balaban J connectivity index is 1.83. The normalized spacial score (nSPS) is 14.7. The lowest BCUT2D eigenvalue weighted by Crippen LogP contribution is -2.25. The summed E-state index contributed by atoms with van der Waals surface area (Å²) in [7, 11) is -3.57. The van der Waals surface area contributed by atoms with Crippen LogP contribution in [0, 0.1) is 6.92 Å². The Morgan fingerprint density at radius 1 is 1.32 bits per heavy atom. The van der Waals surface area contributed by atoms with Crippen molar-refractivity contribution in [2.24, 2.45) is 0 Å². The van der Waals surface area contributed by atoms with Gasteiger partial charge in [-0.15, -0.1) is 0 Å². The van der Waals surface area contributed by atoms with Crippen molar-refractivity contribution in [3.63, 3.8) is 0 Å². The van der Waals surface area contributed by atoms with Gasteiger partial charge in [-0.05, 0) is 38.0 Å². The molecule has 2 aromatic rings. The molecule has 0 spiro atoms. The van der Waals surface area contributed by atoms with E-state index in [1.807, 2.05) is 13.8 Å². The minimum absolute atomic E-state index is 0.0106. The lowest BCUT2D eigenvalue weighted by atomic mass is 10.0. The highest BCUT2D eigenvalue weighted by Crippen LogP contribution is 2.25. The van der Waals surface area contributed by atoms with Gasteiger partial charge in [0, 0.05) is 17.6 Å². The van der Waals surface area contributed by atoms with E-state index in [4.69, 9.17) is 4.52 Å². The number of hydrogen-bond donors (Lipinski definition) is 2. The molecule has 2 N–H and O–H groups in total. The van der Waals surface area contributed by atoms with Crippen LogP contribution < -0.4 is 10.0 Å². The zero-order valence-electron chi connectivity index (χ0n) is 14.4. The van der Waals surface area contributed by atoms with Gasteiger partial charge in [0.25, 0.3) is 5.91 Å². The maximum absolute atomic E-state index is 12.6. The van der Waals surface area contributed by atoms with Gasteiger partial charge in [0.05, 0.1) is 10.6 Å². The molecule has 1 aromatic carbocycles. The first kappa shape index (κ1) is 17.6. The summed E-state index contributed by atoms with van der Waals surface area (Å²) in [5.41, 5.74) is 1.29. The lowest BCUT2D eigenvalue weighted by Gasteiger charge is -2.10. The number of aromatic nitrogens is 1. The van der Waals surface area contributed by atoms with Crippen molar-refractivity contribution < 1.29 is 17.7 Å². The van der Waals surface area contributed by atoms with E-state index in [1.165, 1.54) is 12.1 Å². The van der Waals surface area contributed by atoms with Gasteiger partial charge >= 0.3 is 0 Å². The van der Waals surface area contributed by atoms with Crippen LogP contribution in [0.25, 0.3) is 0 Å². The molecule has 1 aromatic heterocycles. The van der Waals surface area contributed by atoms with Crippen LogP contribution in [0.2, 0.25) is 0 Å². The molecule has 1 saturated carbocycles. The van der Waals surface area contributed by atoms with Gasteiger partial charge in [-0.3, -0.25) is 4.79 Å². The average molecular weight is 363 g/mol. The predicted octanol–water partition coefficient (Wildman–Crippen LogP) is 2.80. The minimum Gasteiger partial charge on any atom is -0.360 e. The van der Waals surface area contributed by atoms with Gasteiger partial charge in [-0.2, -0.15) is 0 Å². The topological polar surface area (TPSA) is 101 Å². The highest BCUT2D eigenvalue weighted by Gasteiger charge is 2.28. The number of sulfonamides is 1. The Labute approximate surface area is 146 Å². The molecule has 7 nitrogen and oxygen atoms in total. The SMILES string of the molecule is Cc1noc(C(C)C)c1C(=O)Nc1cccc(S(=O)(=O)NC2CC2)c1. The van der Waals surface area contributed by atoms with Crippen LogP contribution >= 0.6 is 0 Å². The maximum Gasteiger partial charge on any atom is 0.261 e. The fourth-order valence-electron chi connectivity index (χ4n) is 2.48. The molecular weight excluding hydrogens is 342 g/mol. The standard InChI is InChI=1S/C17H21N3O4S/c1-10(2)16-15(11(3)19-24-16)17(21)18-13-5-4-6-14(9-13)25(22,23)20-12-7-8-12/h4-6,9-10,12,20H,7-8H2,1-3H3,(H,18,21). The molecule has 0 saturated heterocycles. The van der Waals surface area contributed by atoms with Crippen LogP contribution in [-0.4, -0.2) is 25.5 Å². The molecule has 0 bridgehead atoms. The van der Waals surface area contributed by atoms with E-state index in [9.17, 15) is 13.2 Å². The third-order valence-corrected chi connectivity index (χ3v) is 5.46. The number of anilines is 1. The number of nitrogens with zero attached hydrogens (tertiary/aromatic N) is 1. The Morgan fingerprint density at radius 2 is 2.04 bits per heavy atom. The van der Waals surface area contributed by atoms with Gasteiger partial charge in [0.2, 0.25) is 10.0 Å². The summed E-state index contributed by atoms with van der Waals surface area (Å²) in [5, 5.41) is 6.59. The fourth-order valence-corrected chi connectivity index (χ4v) is 3.83. The second-order valence-electron chi connectivity index (χ2n) is 6.54. The molecule has 1 aliphatic carbocycles. The number of hydrogen-bond acceptors (Lipinski definition) is 5. The third-order valence-electron chi connectivity index (χ3n) is 3.94. The molecular formula is C17H21N3O4S. The fraction of sp³-hybridized carbons (Fsp3) is 0.412. The van der Waals surface area contributed by atoms with E-state index in [1.54, 1.807) is 19.1 Å². The minimum atomic E-state index is -3.57. The zero-order valence-corrected chi connectivity index (χ0v) is 15.2. The number of benzene rings is 1. The Morgan fingerprint density at radius 3 is 2.68 bits per heavy atom. The van der Waals surface area contributed by atoms with Crippen molar-refractivity contribution in [1.82, 2.24) is 9.88 Å². The van der Waals surface area contributed by atoms with Crippen LogP contribution in [-0.2, 0) is 10.0 Å². The average Bonchev–Trinajstić information content (AvgIpc) is 3.25. The maximum atomic E-state index is 12.6. The van der Waals surface area contributed by atoms with Gasteiger partial charge in [0.1, 0.15) is 5.56 Å². The van der Waals surface area contributed by atoms with Crippen molar-refractivity contribution in [1.29, 1.82) is 0 Å². The molecule has 1 heterocycles. The highest BCUT2D eigenvalue weighted by atomic mass is 32.2. The quantitative estimate of drug-likeness (QED) is 0.822. The van der Waals surface area contributed by atoms with E-state index in [0.717, 1.165) is 12.8 Å². The Kier molecular flexibility index (Phi) is 4.66. The van der Waals surface area contributed by atoms with Crippen LogP contribution in [0.15, 0.2) is 33.7 Å². The number of rotatable bonds is 6. The Bertz CT molecular complexity index is 898. The molecule has 0 radical (unpaired) electrons. The predicted molar refractivity (Wildman–Crippen MR) is 93.1 cm³/mol. The van der Waals surface area contributed by atoms with Gasteiger partial charge < -0.3 is 9.84 Å². The molecule has 0 aliphatic heterocycles. The van der Waals surface area contributed by atoms with Crippen molar-refractivity contribution in [2.45, 2.75) is 50.5 Å². The molecule has 3 rings (SSSR count). The summed E-state index contributed by atoms with van der Waals surface area (Å²) in [6.45, 7) is 5.52. The molecule has 134 valence electrons. The largest absolute Gasteiger partial charge is 0.360 e. The van der Waals surface area contributed by atoms with Crippen molar-refractivity contribution in [3.05, 3.63) is 41.3 Å². The van der Waals surface area contributed by atoms with Gasteiger partial charge in [-0.25, -0.2) is 13.1 Å². The second kappa shape index (κ2) is 6.61. The first-order valence-corrected chi connectivity index (χ1v) is 9.66. The Hall–Kier alpha value is -2.19. The zero-order chi connectivity index (χ0) is 18.2. The van der Waals surface area contributed by atoms with Crippen LogP contribution in [0.5, 0.6) is 0 Å². The number of carbonyl (C=O) groups excluding carboxylic acids is 1. The third kappa shape index (κ3) is 3.91. The van der Waals surface area contributed by atoms with E-state index in [-0.39, 0.29) is 22.8 Å². The van der Waals surface area contributed by atoms with Crippen LogP contribution in [0.3, 0.4) is 0 Å². The van der Waals surface area contributed by atoms with Gasteiger partial charge in [-0.1, -0.05) is 25.1 Å². The first-order chi connectivity index (χ1) is 11.8. The highest BCUT2D eigenvalue weighted by molar-refractivity contribution is 7.89. The summed E-state index contributed by atoms with van der Waals surface area (Å²) >= 11 is 0. The smallest absolute Gasteiger partial charge is 0.261 e. The molecule has 25 heavy (non-hydrogen) atoms. The van der Waals surface area contributed by atoms with E-state index in [2.05, 4.69) is 15.2 Å². The molecule has 1 aliphatic rings. The lowest BCUT2D eigenvalue weighted by molar-refractivity contribution is 0.102. The van der Waals surface area contributed by atoms with E-state index in [0.29, 0.717) is 22.7 Å². The van der Waals surface area contributed by atoms with E-state index >= 15 is 0 Å². The molecule has 8 heteroatoms. The number of amides is 1. The van der Waals surface area contributed by atoms with Crippen molar-refractivity contribution in [2.75, 3.05) is 5.32 Å². The van der Waals surface area contributed by atoms with Crippen molar-refractivity contribution in [3.8, 4) is 0 Å².